The van der Waals surface area contributed by atoms with Gasteiger partial charge in [0.05, 0.1) is 0 Å². The van der Waals surface area contributed by atoms with E-state index in [0.29, 0.717) is 20.9 Å². The van der Waals surface area contributed by atoms with Crippen molar-refractivity contribution in [3.8, 4) is 0 Å². The summed E-state index contributed by atoms with van der Waals surface area (Å²) in [6.45, 7) is 9.32. The Bertz CT molecular complexity index is 66.9. The van der Waals surface area contributed by atoms with Crippen LogP contribution in [0.1, 0.15) is 40.5 Å². The molecule has 0 amide bonds. The van der Waals surface area contributed by atoms with Gasteiger partial charge in [-0.05, 0) is 0 Å². The molecular formula is C10H22Te. The van der Waals surface area contributed by atoms with Gasteiger partial charge in [0.1, 0.15) is 0 Å². The van der Waals surface area contributed by atoms with Gasteiger partial charge in [-0.1, -0.05) is 0 Å². The Morgan fingerprint density at radius 2 is 1.18 bits per heavy atom. The Labute approximate surface area is 82.2 Å². The predicted octanol–water partition coefficient (Wildman–Crippen LogP) is 3.62. The Morgan fingerprint density at radius 1 is 0.818 bits per heavy atom. The molecule has 0 radical (unpaired) electrons. The molecule has 0 aliphatic rings. The molecule has 0 aliphatic heterocycles. The van der Waals surface area contributed by atoms with Crippen LogP contribution in [0.5, 0.6) is 0 Å². The van der Waals surface area contributed by atoms with Crippen LogP contribution in [0, 0.1) is 11.8 Å². The van der Waals surface area contributed by atoms with E-state index in [1.54, 1.807) is 8.94 Å². The van der Waals surface area contributed by atoms with Crippen LogP contribution >= 0.6 is 0 Å². The van der Waals surface area contributed by atoms with E-state index in [4.69, 9.17) is 0 Å². The molecule has 0 aromatic rings. The molecule has 0 aromatic carbocycles. The first-order valence-electron chi connectivity index (χ1n) is 4.70. The summed E-state index contributed by atoms with van der Waals surface area (Å²) in [5.41, 5.74) is 0. The Morgan fingerprint density at radius 3 is 1.45 bits per heavy atom. The van der Waals surface area contributed by atoms with E-state index in [1.165, 1.54) is 12.8 Å². The van der Waals surface area contributed by atoms with E-state index >= 15 is 0 Å². The second-order valence-corrected chi connectivity index (χ2v) is 7.47. The summed E-state index contributed by atoms with van der Waals surface area (Å²) in [6.07, 6.45) is 2.95. The van der Waals surface area contributed by atoms with Crippen LogP contribution < -0.4 is 0 Å². The van der Waals surface area contributed by atoms with Gasteiger partial charge in [-0.15, -0.1) is 0 Å². The molecule has 11 heavy (non-hydrogen) atoms. The first-order chi connectivity index (χ1) is 5.13. The molecule has 0 N–H and O–H groups in total. The van der Waals surface area contributed by atoms with E-state index in [1.807, 2.05) is 0 Å². The molecule has 0 aromatic heterocycles. The molecule has 0 saturated carbocycles. The average molecular weight is 270 g/mol. The topological polar surface area (TPSA) is 0 Å². The molecule has 1 heteroatoms. The molecule has 68 valence electrons. The summed E-state index contributed by atoms with van der Waals surface area (Å²) in [4.78, 5) is 0. The molecule has 0 unspecified atom stereocenters. The monoisotopic (exact) mass is 272 g/mol. The fraction of sp³-hybridized carbons (Fsp3) is 1.00. The van der Waals surface area contributed by atoms with Crippen molar-refractivity contribution in [1.82, 2.24) is 0 Å². The SMILES string of the molecule is CC(C)CC[Te]CCC(C)C. The molecular weight excluding hydrogens is 248 g/mol. The number of rotatable bonds is 6. The van der Waals surface area contributed by atoms with Crippen LogP contribution in [-0.2, 0) is 0 Å². The predicted molar refractivity (Wildman–Crippen MR) is 54.3 cm³/mol. The molecule has 0 bridgehead atoms. The maximum atomic E-state index is 2.33. The van der Waals surface area contributed by atoms with Crippen LogP contribution in [-0.4, -0.2) is 20.9 Å². The minimum absolute atomic E-state index is 0.397. The van der Waals surface area contributed by atoms with Crippen LogP contribution in [0.25, 0.3) is 0 Å². The number of hydrogen-bond acceptors (Lipinski definition) is 0. The molecule has 0 heterocycles. The zero-order valence-corrected chi connectivity index (χ0v) is 10.7. The van der Waals surface area contributed by atoms with Crippen molar-refractivity contribution in [3.05, 3.63) is 0 Å². The van der Waals surface area contributed by atoms with E-state index in [2.05, 4.69) is 27.7 Å². The summed E-state index contributed by atoms with van der Waals surface area (Å²) in [5, 5.41) is 0. The van der Waals surface area contributed by atoms with Gasteiger partial charge in [-0.3, -0.25) is 0 Å². The van der Waals surface area contributed by atoms with Crippen LogP contribution in [0.15, 0.2) is 0 Å². The van der Waals surface area contributed by atoms with Gasteiger partial charge in [0.2, 0.25) is 0 Å². The summed E-state index contributed by atoms with van der Waals surface area (Å²) >= 11 is 0.397. The van der Waals surface area contributed by atoms with Crippen LogP contribution in [0.3, 0.4) is 0 Å². The summed E-state index contributed by atoms with van der Waals surface area (Å²) < 4.78 is 3.13. The number of hydrogen-bond donors (Lipinski definition) is 0. The van der Waals surface area contributed by atoms with Crippen LogP contribution in [0.2, 0.25) is 8.94 Å². The van der Waals surface area contributed by atoms with Gasteiger partial charge < -0.3 is 0 Å². The minimum atomic E-state index is 0.397. The Kier molecular flexibility index (Phi) is 7.97. The van der Waals surface area contributed by atoms with Crippen molar-refractivity contribution < 1.29 is 0 Å². The first kappa shape index (κ1) is 11.8. The molecule has 0 fully saturated rings. The van der Waals surface area contributed by atoms with Crippen molar-refractivity contribution in [2.24, 2.45) is 11.8 Å². The van der Waals surface area contributed by atoms with Gasteiger partial charge in [-0.25, -0.2) is 0 Å². The van der Waals surface area contributed by atoms with E-state index in [0.717, 1.165) is 11.8 Å². The third kappa shape index (κ3) is 10.8. The molecule has 0 nitrogen and oxygen atoms in total. The van der Waals surface area contributed by atoms with Crippen molar-refractivity contribution >= 4 is 20.9 Å². The van der Waals surface area contributed by atoms with Gasteiger partial charge in [0.15, 0.2) is 0 Å². The zero-order valence-electron chi connectivity index (χ0n) is 8.39. The quantitative estimate of drug-likeness (QED) is 0.510. The van der Waals surface area contributed by atoms with Crippen molar-refractivity contribution in [1.29, 1.82) is 0 Å². The second kappa shape index (κ2) is 7.44. The zero-order chi connectivity index (χ0) is 8.69. The van der Waals surface area contributed by atoms with E-state index < -0.39 is 0 Å². The maximum absolute atomic E-state index is 2.33. The first-order valence-corrected chi connectivity index (χ1v) is 8.00. The molecule has 0 saturated heterocycles. The second-order valence-electron chi connectivity index (χ2n) is 3.98. The summed E-state index contributed by atoms with van der Waals surface area (Å²) in [7, 11) is 0. The normalized spacial score (nSPS) is 11.5. The average Bonchev–Trinajstić information content (AvgIpc) is 1.85. The standard InChI is InChI=1S/C10H22Te/c1-9(2)5-7-11-8-6-10(3)4/h9-10H,5-8H2,1-4H3. The van der Waals surface area contributed by atoms with Crippen molar-refractivity contribution in [2.45, 2.75) is 49.5 Å². The Balaban J connectivity index is 2.91. The fourth-order valence-corrected chi connectivity index (χ4v) is 4.96. The summed E-state index contributed by atoms with van der Waals surface area (Å²) in [5.74, 6) is 1.86. The van der Waals surface area contributed by atoms with E-state index in [-0.39, 0.29) is 0 Å². The third-order valence-corrected chi connectivity index (χ3v) is 4.67. The van der Waals surface area contributed by atoms with Crippen LogP contribution in [0.4, 0.5) is 0 Å². The third-order valence-electron chi connectivity index (χ3n) is 1.68. The van der Waals surface area contributed by atoms with E-state index in [9.17, 15) is 0 Å². The molecule has 0 atom stereocenters. The van der Waals surface area contributed by atoms with Crippen molar-refractivity contribution in [2.75, 3.05) is 0 Å². The fourth-order valence-electron chi connectivity index (χ4n) is 0.740. The van der Waals surface area contributed by atoms with Crippen molar-refractivity contribution in [3.63, 3.8) is 0 Å². The molecule has 0 spiro atoms. The van der Waals surface area contributed by atoms with Gasteiger partial charge in [-0.2, -0.15) is 0 Å². The van der Waals surface area contributed by atoms with Gasteiger partial charge in [0.25, 0.3) is 0 Å². The molecule has 0 aliphatic carbocycles. The van der Waals surface area contributed by atoms with Gasteiger partial charge >= 0.3 is 82.2 Å². The summed E-state index contributed by atoms with van der Waals surface area (Å²) in [6, 6.07) is 0. The Hall–Kier alpha value is 0.790. The molecule has 0 rings (SSSR count). The van der Waals surface area contributed by atoms with Gasteiger partial charge in [0, 0.05) is 0 Å².